The Morgan fingerprint density at radius 1 is 1.24 bits per heavy atom. The van der Waals surface area contributed by atoms with Gasteiger partial charge in [0.15, 0.2) is 11.5 Å². The van der Waals surface area contributed by atoms with Gasteiger partial charge >= 0.3 is 0 Å². The highest BCUT2D eigenvalue weighted by molar-refractivity contribution is 5.95. The number of aliphatic hydroxyl groups is 1. The number of nitrogens with zero attached hydrogens (tertiary/aromatic N) is 3. The third-order valence-corrected chi connectivity index (χ3v) is 4.19. The number of aliphatic hydroxyl groups excluding tert-OH is 1. The second-order valence-electron chi connectivity index (χ2n) is 6.09. The van der Waals surface area contributed by atoms with Crippen molar-refractivity contribution in [2.45, 2.75) is 18.9 Å². The van der Waals surface area contributed by atoms with Crippen LogP contribution in [-0.2, 0) is 0 Å². The summed E-state index contributed by atoms with van der Waals surface area (Å²) in [6.07, 6.45) is 7.46. The standard InChI is InChI=1S/C18H19N5O2/c24-10-8-20-16-17-21-11-15(23(17)9-7-19-16)12-1-3-13(4-2-12)18(25)22-14-5-6-14/h1-4,7,9,11,14,24H,5-6,8,10H2,(H,19,20)(H,22,25). The van der Waals surface area contributed by atoms with Gasteiger partial charge in [0, 0.05) is 36.1 Å². The Morgan fingerprint density at radius 3 is 2.76 bits per heavy atom. The van der Waals surface area contributed by atoms with Crippen LogP contribution in [0, 0.1) is 0 Å². The Balaban J connectivity index is 1.61. The zero-order valence-corrected chi connectivity index (χ0v) is 13.6. The van der Waals surface area contributed by atoms with Gasteiger partial charge in [-0.3, -0.25) is 9.20 Å². The molecule has 3 N–H and O–H groups in total. The van der Waals surface area contributed by atoms with E-state index < -0.39 is 0 Å². The Morgan fingerprint density at radius 2 is 2.04 bits per heavy atom. The molecule has 1 saturated carbocycles. The highest BCUT2D eigenvalue weighted by Crippen LogP contribution is 2.24. The number of carbonyl (C=O) groups excluding carboxylic acids is 1. The fourth-order valence-electron chi connectivity index (χ4n) is 2.72. The first-order valence-electron chi connectivity index (χ1n) is 8.34. The van der Waals surface area contributed by atoms with Gasteiger partial charge in [0.1, 0.15) is 0 Å². The molecule has 0 spiro atoms. The van der Waals surface area contributed by atoms with E-state index >= 15 is 0 Å². The van der Waals surface area contributed by atoms with E-state index in [1.165, 1.54) is 0 Å². The quantitative estimate of drug-likeness (QED) is 0.637. The minimum absolute atomic E-state index is 0.0214. The van der Waals surface area contributed by atoms with Gasteiger partial charge in [-0.15, -0.1) is 0 Å². The fourth-order valence-corrected chi connectivity index (χ4v) is 2.72. The van der Waals surface area contributed by atoms with Crippen LogP contribution in [0.3, 0.4) is 0 Å². The summed E-state index contributed by atoms with van der Waals surface area (Å²) in [5, 5.41) is 15.0. The molecule has 0 saturated heterocycles. The van der Waals surface area contributed by atoms with Gasteiger partial charge in [-0.05, 0) is 25.0 Å². The molecule has 4 rings (SSSR count). The summed E-state index contributed by atoms with van der Waals surface area (Å²) in [6, 6.07) is 7.86. The molecule has 7 nitrogen and oxygen atoms in total. The molecule has 128 valence electrons. The Kier molecular flexibility index (Phi) is 4.07. The summed E-state index contributed by atoms with van der Waals surface area (Å²) in [7, 11) is 0. The molecule has 0 atom stereocenters. The van der Waals surface area contributed by atoms with Crippen LogP contribution >= 0.6 is 0 Å². The van der Waals surface area contributed by atoms with Gasteiger partial charge in [0.05, 0.1) is 18.5 Å². The lowest BCUT2D eigenvalue weighted by Gasteiger charge is -2.07. The number of amides is 1. The number of carbonyl (C=O) groups is 1. The van der Waals surface area contributed by atoms with Gasteiger partial charge < -0.3 is 15.7 Å². The lowest BCUT2D eigenvalue weighted by Crippen LogP contribution is -2.25. The molecule has 7 heteroatoms. The van der Waals surface area contributed by atoms with Crippen LogP contribution in [0.4, 0.5) is 5.82 Å². The van der Waals surface area contributed by atoms with Crippen molar-refractivity contribution in [3.63, 3.8) is 0 Å². The molecular weight excluding hydrogens is 318 g/mol. The first kappa shape index (κ1) is 15.6. The van der Waals surface area contributed by atoms with Crippen LogP contribution in [0.2, 0.25) is 0 Å². The summed E-state index contributed by atoms with van der Waals surface area (Å²) in [5.74, 6) is 0.607. The minimum Gasteiger partial charge on any atom is -0.395 e. The van der Waals surface area contributed by atoms with Crippen molar-refractivity contribution in [2.75, 3.05) is 18.5 Å². The van der Waals surface area contributed by atoms with Crippen molar-refractivity contribution in [1.29, 1.82) is 0 Å². The molecule has 2 heterocycles. The number of anilines is 1. The first-order chi connectivity index (χ1) is 12.3. The lowest BCUT2D eigenvalue weighted by molar-refractivity contribution is 0.0951. The molecule has 0 unspecified atom stereocenters. The van der Waals surface area contributed by atoms with Gasteiger partial charge in [-0.1, -0.05) is 12.1 Å². The van der Waals surface area contributed by atoms with Crippen LogP contribution < -0.4 is 10.6 Å². The summed E-state index contributed by atoms with van der Waals surface area (Å²) >= 11 is 0. The zero-order chi connectivity index (χ0) is 17.2. The number of benzene rings is 1. The van der Waals surface area contributed by atoms with Crippen LogP contribution in [0.15, 0.2) is 42.9 Å². The molecule has 3 aromatic rings. The molecule has 0 bridgehead atoms. The Bertz CT molecular complexity index is 899. The average Bonchev–Trinajstić information content (AvgIpc) is 3.35. The second-order valence-corrected chi connectivity index (χ2v) is 6.09. The SMILES string of the molecule is O=C(NC1CC1)c1ccc(-c2cnc3c(NCCO)nccn23)cc1. The number of rotatable bonds is 6. The predicted molar refractivity (Wildman–Crippen MR) is 94.5 cm³/mol. The van der Waals surface area contributed by atoms with Crippen LogP contribution in [0.5, 0.6) is 0 Å². The highest BCUT2D eigenvalue weighted by atomic mass is 16.3. The van der Waals surface area contributed by atoms with E-state index in [1.807, 2.05) is 34.9 Å². The lowest BCUT2D eigenvalue weighted by atomic mass is 10.1. The van der Waals surface area contributed by atoms with Crippen molar-refractivity contribution in [1.82, 2.24) is 19.7 Å². The largest absolute Gasteiger partial charge is 0.395 e. The van der Waals surface area contributed by atoms with Crippen LogP contribution in [0.25, 0.3) is 16.9 Å². The Labute approximate surface area is 144 Å². The van der Waals surface area contributed by atoms with Crippen LogP contribution in [-0.4, -0.2) is 44.6 Å². The maximum atomic E-state index is 12.1. The molecule has 0 radical (unpaired) electrons. The third-order valence-electron chi connectivity index (χ3n) is 4.19. The normalized spacial score (nSPS) is 13.8. The molecule has 1 aromatic carbocycles. The van der Waals surface area contributed by atoms with E-state index in [2.05, 4.69) is 20.6 Å². The van der Waals surface area contributed by atoms with E-state index in [4.69, 9.17) is 5.11 Å². The maximum absolute atomic E-state index is 12.1. The average molecular weight is 337 g/mol. The molecule has 1 fully saturated rings. The molecular formula is C18H19N5O2. The highest BCUT2D eigenvalue weighted by Gasteiger charge is 2.23. The summed E-state index contributed by atoms with van der Waals surface area (Å²) in [5.41, 5.74) is 3.24. The third kappa shape index (κ3) is 3.18. The first-order valence-corrected chi connectivity index (χ1v) is 8.34. The molecule has 1 aliphatic carbocycles. The topological polar surface area (TPSA) is 91.5 Å². The van der Waals surface area contributed by atoms with Gasteiger partial charge in [0.25, 0.3) is 5.91 Å². The van der Waals surface area contributed by atoms with E-state index in [1.54, 1.807) is 12.4 Å². The van der Waals surface area contributed by atoms with Crippen LogP contribution in [0.1, 0.15) is 23.2 Å². The maximum Gasteiger partial charge on any atom is 0.251 e. The second kappa shape index (κ2) is 6.52. The van der Waals surface area contributed by atoms with Crippen molar-refractivity contribution in [3.05, 3.63) is 48.4 Å². The summed E-state index contributed by atoms with van der Waals surface area (Å²) in [4.78, 5) is 20.8. The number of hydrogen-bond donors (Lipinski definition) is 3. The zero-order valence-electron chi connectivity index (χ0n) is 13.6. The van der Waals surface area contributed by atoms with Gasteiger partial charge in [-0.25, -0.2) is 9.97 Å². The summed E-state index contributed by atoms with van der Waals surface area (Å²) < 4.78 is 1.94. The Hall–Kier alpha value is -2.93. The van der Waals surface area contributed by atoms with Crippen molar-refractivity contribution < 1.29 is 9.90 Å². The number of fused-ring (bicyclic) bond motifs is 1. The minimum atomic E-state index is -0.0214. The van der Waals surface area contributed by atoms with E-state index in [-0.39, 0.29) is 12.5 Å². The van der Waals surface area contributed by atoms with Crippen molar-refractivity contribution in [2.24, 2.45) is 0 Å². The molecule has 1 aliphatic rings. The van der Waals surface area contributed by atoms with Gasteiger partial charge in [-0.2, -0.15) is 0 Å². The number of imidazole rings is 1. The number of nitrogens with one attached hydrogen (secondary N) is 2. The van der Waals surface area contributed by atoms with E-state index in [9.17, 15) is 4.79 Å². The van der Waals surface area contributed by atoms with E-state index in [0.717, 1.165) is 24.1 Å². The van der Waals surface area contributed by atoms with Crippen molar-refractivity contribution >= 4 is 17.4 Å². The molecule has 0 aliphatic heterocycles. The monoisotopic (exact) mass is 337 g/mol. The number of hydrogen-bond acceptors (Lipinski definition) is 5. The smallest absolute Gasteiger partial charge is 0.251 e. The number of aromatic nitrogens is 3. The summed E-state index contributed by atoms with van der Waals surface area (Å²) in [6.45, 7) is 0.445. The molecule has 1 amide bonds. The molecule has 25 heavy (non-hydrogen) atoms. The molecule has 2 aromatic heterocycles. The van der Waals surface area contributed by atoms with E-state index in [0.29, 0.717) is 29.6 Å². The van der Waals surface area contributed by atoms with Crippen molar-refractivity contribution in [3.8, 4) is 11.3 Å². The predicted octanol–water partition coefficient (Wildman–Crippen LogP) is 1.69. The fraction of sp³-hybridized carbons (Fsp3) is 0.278. The van der Waals surface area contributed by atoms with Gasteiger partial charge in [0.2, 0.25) is 0 Å².